The summed E-state index contributed by atoms with van der Waals surface area (Å²) in [4.78, 5) is 4.59. The molecule has 0 saturated heterocycles. The Balaban J connectivity index is 2.34. The molecule has 0 spiro atoms. The Kier molecular flexibility index (Phi) is 7.82. The van der Waals surface area contributed by atoms with Crippen molar-refractivity contribution in [2.45, 2.75) is 26.9 Å². The van der Waals surface area contributed by atoms with Crippen molar-refractivity contribution in [3.05, 3.63) is 35.4 Å². The van der Waals surface area contributed by atoms with Gasteiger partial charge in [0, 0.05) is 26.2 Å². The van der Waals surface area contributed by atoms with Gasteiger partial charge in [-0.2, -0.15) is 0 Å². The molecule has 0 unspecified atom stereocenters. The maximum absolute atomic E-state index is 3.48. The van der Waals surface area contributed by atoms with Gasteiger partial charge >= 0.3 is 0 Å². The van der Waals surface area contributed by atoms with Crippen molar-refractivity contribution in [2.75, 3.05) is 40.8 Å². The first-order valence-corrected chi connectivity index (χ1v) is 7.59. The third-order valence-electron chi connectivity index (χ3n) is 3.29. The average molecular weight is 277 g/mol. The van der Waals surface area contributed by atoms with Crippen LogP contribution in [0.2, 0.25) is 0 Å². The van der Waals surface area contributed by atoms with Gasteiger partial charge in [0.2, 0.25) is 0 Å². The largest absolute Gasteiger partial charge is 0.312 e. The number of likely N-dealkylation sites (N-methyl/N-ethyl adjacent to an activating group) is 2. The van der Waals surface area contributed by atoms with E-state index in [0.29, 0.717) is 5.92 Å². The van der Waals surface area contributed by atoms with Crippen molar-refractivity contribution in [1.82, 2.24) is 15.1 Å². The summed E-state index contributed by atoms with van der Waals surface area (Å²) in [5.41, 5.74) is 2.75. The van der Waals surface area contributed by atoms with Crippen LogP contribution in [0.15, 0.2) is 24.3 Å². The fourth-order valence-corrected chi connectivity index (χ4v) is 2.03. The summed E-state index contributed by atoms with van der Waals surface area (Å²) < 4.78 is 0. The van der Waals surface area contributed by atoms with Gasteiger partial charge < -0.3 is 15.1 Å². The zero-order valence-corrected chi connectivity index (χ0v) is 13.8. The lowest BCUT2D eigenvalue weighted by molar-refractivity contribution is 0.276. The third-order valence-corrected chi connectivity index (χ3v) is 3.29. The molecule has 1 aromatic rings. The lowest BCUT2D eigenvalue weighted by Gasteiger charge is -2.19. The highest BCUT2D eigenvalue weighted by Crippen LogP contribution is 2.07. The van der Waals surface area contributed by atoms with Gasteiger partial charge in [-0.3, -0.25) is 0 Å². The Morgan fingerprint density at radius 3 is 2.10 bits per heavy atom. The van der Waals surface area contributed by atoms with Crippen molar-refractivity contribution >= 4 is 0 Å². The van der Waals surface area contributed by atoms with Gasteiger partial charge in [-0.25, -0.2) is 0 Å². The fourth-order valence-electron chi connectivity index (χ4n) is 2.03. The number of hydrogen-bond acceptors (Lipinski definition) is 3. The molecule has 0 atom stereocenters. The van der Waals surface area contributed by atoms with Gasteiger partial charge in [-0.05, 0) is 44.7 Å². The number of benzene rings is 1. The lowest BCUT2D eigenvalue weighted by Crippen LogP contribution is -2.28. The molecule has 0 bridgehead atoms. The first kappa shape index (κ1) is 17.2. The van der Waals surface area contributed by atoms with Crippen LogP contribution < -0.4 is 5.32 Å². The van der Waals surface area contributed by atoms with Gasteiger partial charge in [0.1, 0.15) is 0 Å². The maximum Gasteiger partial charge on any atom is 0.0231 e. The molecule has 0 aliphatic carbocycles. The summed E-state index contributed by atoms with van der Waals surface area (Å²) in [6.07, 6.45) is 0. The minimum atomic E-state index is 0.708. The van der Waals surface area contributed by atoms with Gasteiger partial charge in [-0.15, -0.1) is 0 Å². The highest BCUT2D eigenvalue weighted by atomic mass is 15.1. The van der Waals surface area contributed by atoms with Crippen LogP contribution in [-0.4, -0.2) is 50.6 Å². The normalized spacial score (nSPS) is 11.8. The Morgan fingerprint density at radius 2 is 1.55 bits per heavy atom. The van der Waals surface area contributed by atoms with Crippen LogP contribution in [0.5, 0.6) is 0 Å². The van der Waals surface area contributed by atoms with Gasteiger partial charge in [0.25, 0.3) is 0 Å². The predicted octanol–water partition coefficient (Wildman–Crippen LogP) is 2.43. The van der Waals surface area contributed by atoms with Crippen LogP contribution in [0, 0.1) is 5.92 Å². The molecule has 0 radical (unpaired) electrons. The van der Waals surface area contributed by atoms with E-state index in [2.05, 4.69) is 74.4 Å². The summed E-state index contributed by atoms with van der Waals surface area (Å²) in [5, 5.41) is 3.48. The topological polar surface area (TPSA) is 18.5 Å². The van der Waals surface area contributed by atoms with E-state index in [4.69, 9.17) is 0 Å². The average Bonchev–Trinajstić information content (AvgIpc) is 2.38. The quantitative estimate of drug-likeness (QED) is 0.748. The second-order valence-electron chi connectivity index (χ2n) is 6.38. The molecule has 0 saturated carbocycles. The molecule has 3 heteroatoms. The second-order valence-corrected chi connectivity index (χ2v) is 6.38. The molecule has 1 rings (SSSR count). The highest BCUT2D eigenvalue weighted by Gasteiger charge is 2.01. The van der Waals surface area contributed by atoms with Crippen molar-refractivity contribution in [3.63, 3.8) is 0 Å². The summed E-state index contributed by atoms with van der Waals surface area (Å²) in [6, 6.07) is 8.97. The smallest absolute Gasteiger partial charge is 0.0231 e. The Hall–Kier alpha value is -0.900. The molecule has 3 nitrogen and oxygen atoms in total. The SMILES string of the molecule is CC(C)CNCc1ccc(CN(C)CCN(C)C)cc1. The molecule has 0 amide bonds. The van der Waals surface area contributed by atoms with Gasteiger partial charge in [0.05, 0.1) is 0 Å². The molecule has 1 N–H and O–H groups in total. The highest BCUT2D eigenvalue weighted by molar-refractivity contribution is 5.22. The van der Waals surface area contributed by atoms with Crippen LogP contribution >= 0.6 is 0 Å². The van der Waals surface area contributed by atoms with Crippen LogP contribution in [0.3, 0.4) is 0 Å². The number of nitrogens with one attached hydrogen (secondary N) is 1. The van der Waals surface area contributed by atoms with E-state index < -0.39 is 0 Å². The van der Waals surface area contributed by atoms with Crippen molar-refractivity contribution in [1.29, 1.82) is 0 Å². The predicted molar refractivity (Wildman–Crippen MR) is 87.9 cm³/mol. The zero-order valence-electron chi connectivity index (χ0n) is 13.8. The number of rotatable bonds is 9. The van der Waals surface area contributed by atoms with Crippen molar-refractivity contribution < 1.29 is 0 Å². The molecule has 20 heavy (non-hydrogen) atoms. The van der Waals surface area contributed by atoms with Crippen LogP contribution in [-0.2, 0) is 13.1 Å². The fraction of sp³-hybridized carbons (Fsp3) is 0.647. The maximum atomic E-state index is 3.48. The van der Waals surface area contributed by atoms with E-state index in [1.807, 2.05) is 0 Å². The molecular weight excluding hydrogens is 246 g/mol. The third kappa shape index (κ3) is 7.63. The van der Waals surface area contributed by atoms with Gasteiger partial charge in [0.15, 0.2) is 0 Å². The van der Waals surface area contributed by atoms with E-state index in [0.717, 1.165) is 32.7 Å². The van der Waals surface area contributed by atoms with Crippen molar-refractivity contribution in [3.8, 4) is 0 Å². The molecular formula is C17H31N3. The molecule has 0 heterocycles. The zero-order chi connectivity index (χ0) is 15.0. The molecule has 0 aromatic heterocycles. The number of hydrogen-bond donors (Lipinski definition) is 1. The van der Waals surface area contributed by atoms with Crippen LogP contribution in [0.25, 0.3) is 0 Å². The van der Waals surface area contributed by atoms with E-state index in [-0.39, 0.29) is 0 Å². The second kappa shape index (κ2) is 9.11. The lowest BCUT2D eigenvalue weighted by atomic mass is 10.1. The molecule has 1 aromatic carbocycles. The molecule has 0 aliphatic rings. The minimum absolute atomic E-state index is 0.708. The van der Waals surface area contributed by atoms with Crippen LogP contribution in [0.4, 0.5) is 0 Å². The Labute approximate surface area is 125 Å². The van der Waals surface area contributed by atoms with E-state index in [1.165, 1.54) is 11.1 Å². The van der Waals surface area contributed by atoms with Gasteiger partial charge in [-0.1, -0.05) is 38.1 Å². The first-order valence-electron chi connectivity index (χ1n) is 7.59. The Morgan fingerprint density at radius 1 is 0.950 bits per heavy atom. The van der Waals surface area contributed by atoms with E-state index in [1.54, 1.807) is 0 Å². The summed E-state index contributed by atoms with van der Waals surface area (Å²) in [7, 11) is 6.42. The summed E-state index contributed by atoms with van der Waals surface area (Å²) >= 11 is 0. The molecule has 0 fully saturated rings. The van der Waals surface area contributed by atoms with Crippen molar-refractivity contribution in [2.24, 2.45) is 5.92 Å². The summed E-state index contributed by atoms with van der Waals surface area (Å²) in [5.74, 6) is 0.708. The molecule has 114 valence electrons. The Bertz CT molecular complexity index is 357. The monoisotopic (exact) mass is 277 g/mol. The summed E-state index contributed by atoms with van der Waals surface area (Å²) in [6.45, 7) is 9.75. The standard InChI is InChI=1S/C17H31N3/c1-15(2)12-18-13-16-6-8-17(9-7-16)14-20(5)11-10-19(3)4/h6-9,15,18H,10-14H2,1-5H3. The first-order chi connectivity index (χ1) is 9.47. The number of nitrogens with zero attached hydrogens (tertiary/aromatic N) is 2. The minimum Gasteiger partial charge on any atom is -0.312 e. The molecule has 0 aliphatic heterocycles. The van der Waals surface area contributed by atoms with E-state index in [9.17, 15) is 0 Å². The van der Waals surface area contributed by atoms with E-state index >= 15 is 0 Å². The van der Waals surface area contributed by atoms with Crippen LogP contribution in [0.1, 0.15) is 25.0 Å².